The van der Waals surface area contributed by atoms with Gasteiger partial charge in [0.1, 0.15) is 5.75 Å². The highest BCUT2D eigenvalue weighted by atomic mass is 35.5. The summed E-state index contributed by atoms with van der Waals surface area (Å²) >= 11 is 7.70. The maximum absolute atomic E-state index is 12.9. The number of pyridine rings is 1. The number of halogens is 1. The zero-order valence-electron chi connectivity index (χ0n) is 16.5. The van der Waals surface area contributed by atoms with Crippen molar-refractivity contribution in [2.45, 2.75) is 24.8 Å². The Bertz CT molecular complexity index is 868. The number of benzene rings is 1. The fourth-order valence-electron chi connectivity index (χ4n) is 3.29. The summed E-state index contributed by atoms with van der Waals surface area (Å²) in [6.45, 7) is 3.09. The van der Waals surface area contributed by atoms with E-state index in [-0.39, 0.29) is 17.7 Å². The van der Waals surface area contributed by atoms with E-state index in [0.717, 1.165) is 10.8 Å². The molecule has 0 aliphatic carbocycles. The molecule has 0 bridgehead atoms. The molecule has 0 radical (unpaired) electrons. The molecule has 1 aliphatic rings. The Hall–Kier alpha value is -2.25. The van der Waals surface area contributed by atoms with Crippen molar-refractivity contribution in [2.24, 2.45) is 5.92 Å². The first-order valence-corrected chi connectivity index (χ1v) is 10.9. The number of hydrogen-bond donors (Lipinski definition) is 1. The molecule has 0 spiro atoms. The third kappa shape index (κ3) is 5.42. The van der Waals surface area contributed by atoms with Crippen molar-refractivity contribution in [3.8, 4) is 5.75 Å². The number of piperidine rings is 1. The monoisotopic (exact) mass is 433 g/mol. The smallest absolute Gasteiger partial charge is 0.257 e. The van der Waals surface area contributed by atoms with E-state index in [1.54, 1.807) is 41.1 Å². The molecule has 0 atom stereocenters. The Morgan fingerprint density at radius 3 is 2.66 bits per heavy atom. The van der Waals surface area contributed by atoms with Crippen LogP contribution in [-0.2, 0) is 4.79 Å². The fourth-order valence-corrected chi connectivity index (χ4v) is 4.05. The van der Waals surface area contributed by atoms with Gasteiger partial charge in [0, 0.05) is 24.0 Å². The zero-order valence-corrected chi connectivity index (χ0v) is 18.1. The lowest BCUT2D eigenvalue weighted by molar-refractivity contribution is -0.121. The number of anilines is 1. The average Bonchev–Trinajstić information content (AvgIpc) is 2.75. The van der Waals surface area contributed by atoms with Crippen LogP contribution in [0.5, 0.6) is 5.75 Å². The van der Waals surface area contributed by atoms with Gasteiger partial charge in [0.15, 0.2) is 0 Å². The highest BCUT2D eigenvalue weighted by molar-refractivity contribution is 7.99. The van der Waals surface area contributed by atoms with Gasteiger partial charge >= 0.3 is 0 Å². The van der Waals surface area contributed by atoms with Crippen LogP contribution in [0.3, 0.4) is 0 Å². The second-order valence-electron chi connectivity index (χ2n) is 6.72. The van der Waals surface area contributed by atoms with E-state index in [1.165, 1.54) is 7.11 Å². The van der Waals surface area contributed by atoms with Crippen molar-refractivity contribution in [1.29, 1.82) is 0 Å². The van der Waals surface area contributed by atoms with E-state index in [4.69, 9.17) is 16.3 Å². The molecule has 2 aromatic rings. The number of amides is 2. The standard InChI is InChI=1S/C21H24ClN3O3S/c1-3-29-19-7-5-16(13-23-19)24-20(26)14-8-10-25(11-9-14)21(27)17-12-15(22)4-6-18(17)28-2/h4-7,12-14H,3,8-11H2,1-2H3,(H,24,26). The van der Waals surface area contributed by atoms with Crippen molar-refractivity contribution in [1.82, 2.24) is 9.88 Å². The van der Waals surface area contributed by atoms with Crippen LogP contribution in [-0.4, -0.2) is 47.7 Å². The molecule has 1 N–H and O–H groups in total. The van der Waals surface area contributed by atoms with Crippen LogP contribution < -0.4 is 10.1 Å². The van der Waals surface area contributed by atoms with Gasteiger partial charge in [-0.05, 0) is 48.9 Å². The Kier molecular flexibility index (Phi) is 7.39. The number of methoxy groups -OCH3 is 1. The van der Waals surface area contributed by atoms with Gasteiger partial charge in [-0.2, -0.15) is 0 Å². The number of hydrogen-bond acceptors (Lipinski definition) is 5. The van der Waals surface area contributed by atoms with E-state index >= 15 is 0 Å². The molecule has 6 nitrogen and oxygen atoms in total. The predicted molar refractivity (Wildman–Crippen MR) is 116 cm³/mol. The first-order chi connectivity index (χ1) is 14.0. The minimum atomic E-state index is -0.134. The van der Waals surface area contributed by atoms with Gasteiger partial charge in [0.05, 0.1) is 29.6 Å². The number of rotatable bonds is 6. The second kappa shape index (κ2) is 9.98. The minimum Gasteiger partial charge on any atom is -0.496 e. The van der Waals surface area contributed by atoms with Crippen LogP contribution >= 0.6 is 23.4 Å². The number of aromatic nitrogens is 1. The SMILES string of the molecule is CCSc1ccc(NC(=O)C2CCN(C(=O)c3cc(Cl)ccc3OC)CC2)cn1. The predicted octanol–water partition coefficient (Wildman–Crippen LogP) is 4.35. The minimum absolute atomic E-state index is 0.0323. The summed E-state index contributed by atoms with van der Waals surface area (Å²) in [5, 5.41) is 4.36. The summed E-state index contributed by atoms with van der Waals surface area (Å²) in [6, 6.07) is 8.77. The summed E-state index contributed by atoms with van der Waals surface area (Å²) in [5.41, 5.74) is 1.14. The quantitative estimate of drug-likeness (QED) is 0.686. The number of carbonyl (C=O) groups is 2. The highest BCUT2D eigenvalue weighted by Crippen LogP contribution is 2.27. The van der Waals surface area contributed by atoms with Gasteiger partial charge in [-0.1, -0.05) is 18.5 Å². The lowest BCUT2D eigenvalue weighted by atomic mass is 9.95. The highest BCUT2D eigenvalue weighted by Gasteiger charge is 2.29. The average molecular weight is 434 g/mol. The van der Waals surface area contributed by atoms with Crippen molar-refractivity contribution in [2.75, 3.05) is 31.3 Å². The molecule has 1 aliphatic heterocycles. The van der Waals surface area contributed by atoms with Gasteiger partial charge < -0.3 is 15.0 Å². The molecule has 0 unspecified atom stereocenters. The van der Waals surface area contributed by atoms with Gasteiger partial charge in [-0.3, -0.25) is 9.59 Å². The molecule has 1 saturated heterocycles. The van der Waals surface area contributed by atoms with Crippen LogP contribution in [0.15, 0.2) is 41.6 Å². The Morgan fingerprint density at radius 2 is 2.03 bits per heavy atom. The maximum atomic E-state index is 12.9. The molecule has 2 heterocycles. The van der Waals surface area contributed by atoms with Crippen molar-refractivity contribution >= 4 is 40.9 Å². The first-order valence-electron chi connectivity index (χ1n) is 9.54. The lowest BCUT2D eigenvalue weighted by Gasteiger charge is -2.31. The summed E-state index contributed by atoms with van der Waals surface area (Å²) in [7, 11) is 1.53. The largest absolute Gasteiger partial charge is 0.496 e. The zero-order chi connectivity index (χ0) is 20.8. The van der Waals surface area contributed by atoms with E-state index < -0.39 is 0 Å². The van der Waals surface area contributed by atoms with Crippen LogP contribution in [0, 0.1) is 5.92 Å². The maximum Gasteiger partial charge on any atom is 0.257 e. The third-order valence-electron chi connectivity index (χ3n) is 4.84. The molecule has 3 rings (SSSR count). The first kappa shape index (κ1) is 21.5. The number of nitrogens with zero attached hydrogens (tertiary/aromatic N) is 2. The molecule has 1 aromatic heterocycles. The topological polar surface area (TPSA) is 71.5 Å². The number of likely N-dealkylation sites (tertiary alicyclic amines) is 1. The molecule has 29 heavy (non-hydrogen) atoms. The number of carbonyl (C=O) groups excluding carboxylic acids is 2. The molecular weight excluding hydrogens is 410 g/mol. The van der Waals surface area contributed by atoms with Gasteiger partial charge in [0.2, 0.25) is 5.91 Å². The van der Waals surface area contributed by atoms with Gasteiger partial charge in [-0.15, -0.1) is 11.8 Å². The van der Waals surface area contributed by atoms with Crippen molar-refractivity contribution in [3.63, 3.8) is 0 Å². The molecule has 8 heteroatoms. The van der Waals surface area contributed by atoms with E-state index in [9.17, 15) is 9.59 Å². The summed E-state index contributed by atoms with van der Waals surface area (Å²) in [6.07, 6.45) is 2.90. The summed E-state index contributed by atoms with van der Waals surface area (Å²) in [5.74, 6) is 1.16. The van der Waals surface area contributed by atoms with Crippen LogP contribution in [0.4, 0.5) is 5.69 Å². The van der Waals surface area contributed by atoms with Crippen molar-refractivity contribution < 1.29 is 14.3 Å². The molecule has 2 amide bonds. The Labute approximate surface area is 180 Å². The summed E-state index contributed by atoms with van der Waals surface area (Å²) in [4.78, 5) is 31.5. The van der Waals surface area contributed by atoms with E-state index in [0.29, 0.717) is 48.0 Å². The Morgan fingerprint density at radius 1 is 1.28 bits per heavy atom. The molecule has 1 fully saturated rings. The molecule has 154 valence electrons. The number of thioether (sulfide) groups is 1. The Balaban J connectivity index is 1.56. The second-order valence-corrected chi connectivity index (χ2v) is 8.44. The number of ether oxygens (including phenoxy) is 1. The van der Waals surface area contributed by atoms with Crippen molar-refractivity contribution in [3.05, 3.63) is 47.1 Å². The fraction of sp³-hybridized carbons (Fsp3) is 0.381. The van der Waals surface area contributed by atoms with E-state index in [2.05, 4.69) is 17.2 Å². The molecule has 1 aromatic carbocycles. The van der Waals surface area contributed by atoms with Gasteiger partial charge in [0.25, 0.3) is 5.91 Å². The lowest BCUT2D eigenvalue weighted by Crippen LogP contribution is -2.41. The third-order valence-corrected chi connectivity index (χ3v) is 5.90. The molecule has 0 saturated carbocycles. The van der Waals surface area contributed by atoms with Crippen LogP contribution in [0.1, 0.15) is 30.1 Å². The van der Waals surface area contributed by atoms with Gasteiger partial charge in [-0.25, -0.2) is 4.98 Å². The van der Waals surface area contributed by atoms with Crippen LogP contribution in [0.25, 0.3) is 0 Å². The van der Waals surface area contributed by atoms with Crippen LogP contribution in [0.2, 0.25) is 5.02 Å². The molecular formula is C21H24ClN3O3S. The summed E-state index contributed by atoms with van der Waals surface area (Å²) < 4.78 is 5.28. The normalized spacial score (nSPS) is 14.5. The number of nitrogens with one attached hydrogen (secondary N) is 1. The van der Waals surface area contributed by atoms with E-state index in [1.807, 2.05) is 12.1 Å².